The Bertz CT molecular complexity index is 217. The summed E-state index contributed by atoms with van der Waals surface area (Å²) in [6, 6.07) is 0.700. The molecule has 2 aliphatic rings. The van der Waals surface area contributed by atoms with Crippen LogP contribution in [0.25, 0.3) is 0 Å². The SMILES string of the molecule is CCN(CC(=O)C1CC1)C1CCCCC1. The van der Waals surface area contributed by atoms with E-state index in [2.05, 4.69) is 11.8 Å². The summed E-state index contributed by atoms with van der Waals surface area (Å²) in [7, 11) is 0. The zero-order valence-electron chi connectivity index (χ0n) is 9.87. The standard InChI is InChI=1S/C13H23NO/c1-2-14(10-13(15)11-8-9-11)12-6-4-3-5-7-12/h11-12H,2-10H2,1H3. The molecule has 0 atom stereocenters. The van der Waals surface area contributed by atoms with Crippen molar-refractivity contribution < 1.29 is 4.79 Å². The van der Waals surface area contributed by atoms with E-state index in [1.807, 2.05) is 0 Å². The maximum atomic E-state index is 11.8. The number of rotatable bonds is 5. The van der Waals surface area contributed by atoms with E-state index >= 15 is 0 Å². The van der Waals surface area contributed by atoms with Crippen molar-refractivity contribution >= 4 is 5.78 Å². The molecule has 0 aromatic heterocycles. The van der Waals surface area contributed by atoms with Gasteiger partial charge in [-0.15, -0.1) is 0 Å². The maximum Gasteiger partial charge on any atom is 0.149 e. The lowest BCUT2D eigenvalue weighted by Gasteiger charge is -2.33. The van der Waals surface area contributed by atoms with Gasteiger partial charge in [0.15, 0.2) is 0 Å². The number of carbonyl (C=O) groups is 1. The molecule has 0 unspecified atom stereocenters. The monoisotopic (exact) mass is 209 g/mol. The molecular formula is C13H23NO. The quantitative estimate of drug-likeness (QED) is 0.693. The van der Waals surface area contributed by atoms with Crippen LogP contribution in [0.1, 0.15) is 51.9 Å². The molecule has 0 amide bonds. The summed E-state index contributed by atoms with van der Waals surface area (Å²) in [5.41, 5.74) is 0. The maximum absolute atomic E-state index is 11.8. The molecule has 2 saturated carbocycles. The number of Topliss-reactive ketones (excluding diaryl/α,β-unsaturated/α-hetero) is 1. The zero-order valence-corrected chi connectivity index (χ0v) is 9.87. The van der Waals surface area contributed by atoms with Crippen LogP contribution in [0.2, 0.25) is 0 Å². The topological polar surface area (TPSA) is 20.3 Å². The van der Waals surface area contributed by atoms with Crippen molar-refractivity contribution in [1.29, 1.82) is 0 Å². The molecule has 15 heavy (non-hydrogen) atoms. The first kappa shape index (κ1) is 11.1. The molecule has 2 rings (SSSR count). The summed E-state index contributed by atoms with van der Waals surface area (Å²) in [6.07, 6.45) is 9.04. The second-order valence-electron chi connectivity index (χ2n) is 5.10. The molecule has 0 bridgehead atoms. The Balaban J connectivity index is 1.81. The van der Waals surface area contributed by atoms with Crippen LogP contribution >= 0.6 is 0 Å². The van der Waals surface area contributed by atoms with Gasteiger partial charge in [-0.3, -0.25) is 9.69 Å². The molecule has 0 radical (unpaired) electrons. The number of carbonyl (C=O) groups excluding carboxylic acids is 1. The van der Waals surface area contributed by atoms with Gasteiger partial charge in [0.25, 0.3) is 0 Å². The van der Waals surface area contributed by atoms with Crippen molar-refractivity contribution in [3.63, 3.8) is 0 Å². The van der Waals surface area contributed by atoms with Crippen LogP contribution in [-0.2, 0) is 4.79 Å². The minimum atomic E-state index is 0.433. The second-order valence-corrected chi connectivity index (χ2v) is 5.10. The molecule has 0 spiro atoms. The average molecular weight is 209 g/mol. The van der Waals surface area contributed by atoms with Crippen molar-refractivity contribution in [3.05, 3.63) is 0 Å². The van der Waals surface area contributed by atoms with Gasteiger partial charge in [0.2, 0.25) is 0 Å². The van der Waals surface area contributed by atoms with Gasteiger partial charge in [0.05, 0.1) is 6.54 Å². The number of hydrogen-bond acceptors (Lipinski definition) is 2. The summed E-state index contributed by atoms with van der Waals surface area (Å²) >= 11 is 0. The molecule has 0 aromatic rings. The smallest absolute Gasteiger partial charge is 0.149 e. The molecule has 2 heteroatoms. The fourth-order valence-corrected chi connectivity index (χ4v) is 2.68. The molecule has 0 aliphatic heterocycles. The van der Waals surface area contributed by atoms with Crippen LogP contribution in [0.3, 0.4) is 0 Å². The van der Waals surface area contributed by atoms with E-state index in [-0.39, 0.29) is 0 Å². The number of hydrogen-bond donors (Lipinski definition) is 0. The first-order valence-corrected chi connectivity index (χ1v) is 6.58. The van der Waals surface area contributed by atoms with E-state index in [9.17, 15) is 4.79 Å². The lowest BCUT2D eigenvalue weighted by atomic mass is 9.94. The van der Waals surface area contributed by atoms with Gasteiger partial charge in [-0.1, -0.05) is 26.2 Å². The highest BCUT2D eigenvalue weighted by atomic mass is 16.1. The average Bonchev–Trinajstić information content (AvgIpc) is 3.10. The normalized spacial score (nSPS) is 23.3. The van der Waals surface area contributed by atoms with Crippen LogP contribution in [0, 0.1) is 5.92 Å². The van der Waals surface area contributed by atoms with E-state index in [0.717, 1.165) is 25.9 Å². The minimum absolute atomic E-state index is 0.433. The van der Waals surface area contributed by atoms with E-state index in [1.165, 1.54) is 32.1 Å². The summed E-state index contributed by atoms with van der Waals surface area (Å²) in [6.45, 7) is 3.96. The van der Waals surface area contributed by atoms with Crippen molar-refractivity contribution in [2.75, 3.05) is 13.1 Å². The molecule has 0 saturated heterocycles. The third kappa shape index (κ3) is 3.04. The van der Waals surface area contributed by atoms with Gasteiger partial charge in [0, 0.05) is 12.0 Å². The molecule has 0 aromatic carbocycles. The minimum Gasteiger partial charge on any atom is -0.298 e. The first-order valence-electron chi connectivity index (χ1n) is 6.58. The molecule has 0 heterocycles. The van der Waals surface area contributed by atoms with Crippen LogP contribution in [0.5, 0.6) is 0 Å². The van der Waals surface area contributed by atoms with Crippen LogP contribution in [-0.4, -0.2) is 29.8 Å². The third-order valence-corrected chi connectivity index (χ3v) is 3.89. The van der Waals surface area contributed by atoms with Gasteiger partial charge in [-0.25, -0.2) is 0 Å². The van der Waals surface area contributed by atoms with Crippen molar-refractivity contribution in [2.45, 2.75) is 57.9 Å². The van der Waals surface area contributed by atoms with Gasteiger partial charge >= 0.3 is 0 Å². The number of ketones is 1. The Kier molecular flexibility index (Phi) is 3.79. The van der Waals surface area contributed by atoms with E-state index in [1.54, 1.807) is 0 Å². The molecule has 0 N–H and O–H groups in total. The van der Waals surface area contributed by atoms with E-state index < -0.39 is 0 Å². The van der Waals surface area contributed by atoms with Crippen molar-refractivity contribution in [1.82, 2.24) is 4.90 Å². The summed E-state index contributed by atoms with van der Waals surface area (Å²) in [4.78, 5) is 14.2. The van der Waals surface area contributed by atoms with Crippen molar-refractivity contribution in [3.8, 4) is 0 Å². The second kappa shape index (κ2) is 5.11. The Hall–Kier alpha value is -0.370. The molecule has 86 valence electrons. The van der Waals surface area contributed by atoms with E-state index in [0.29, 0.717) is 17.7 Å². The highest BCUT2D eigenvalue weighted by molar-refractivity contribution is 5.85. The summed E-state index contributed by atoms with van der Waals surface area (Å²) in [5.74, 6) is 0.935. The van der Waals surface area contributed by atoms with Gasteiger partial charge in [0.1, 0.15) is 5.78 Å². The Morgan fingerprint density at radius 2 is 1.80 bits per heavy atom. The number of likely N-dealkylation sites (N-methyl/N-ethyl adjacent to an activating group) is 1. The van der Waals surface area contributed by atoms with Crippen LogP contribution < -0.4 is 0 Å². The Labute approximate surface area is 93.0 Å². The predicted molar refractivity (Wildman–Crippen MR) is 61.9 cm³/mol. The highest BCUT2D eigenvalue weighted by Crippen LogP contribution is 2.31. The molecular weight excluding hydrogens is 186 g/mol. The largest absolute Gasteiger partial charge is 0.298 e. The fourth-order valence-electron chi connectivity index (χ4n) is 2.68. The third-order valence-electron chi connectivity index (χ3n) is 3.89. The van der Waals surface area contributed by atoms with E-state index in [4.69, 9.17) is 0 Å². The number of nitrogens with zero attached hydrogens (tertiary/aromatic N) is 1. The Morgan fingerprint density at radius 1 is 1.13 bits per heavy atom. The van der Waals surface area contributed by atoms with Gasteiger partial charge in [-0.2, -0.15) is 0 Å². The van der Waals surface area contributed by atoms with Gasteiger partial charge < -0.3 is 0 Å². The Morgan fingerprint density at radius 3 is 2.33 bits per heavy atom. The van der Waals surface area contributed by atoms with Gasteiger partial charge in [-0.05, 0) is 32.2 Å². The lowest BCUT2D eigenvalue weighted by molar-refractivity contribution is -0.122. The first-order chi connectivity index (χ1) is 7.31. The van der Waals surface area contributed by atoms with Crippen molar-refractivity contribution in [2.24, 2.45) is 5.92 Å². The summed E-state index contributed by atoms with van der Waals surface area (Å²) in [5, 5.41) is 0. The zero-order chi connectivity index (χ0) is 10.7. The highest BCUT2D eigenvalue weighted by Gasteiger charge is 2.31. The van der Waals surface area contributed by atoms with Crippen LogP contribution in [0.4, 0.5) is 0 Å². The fraction of sp³-hybridized carbons (Fsp3) is 0.923. The molecule has 2 aliphatic carbocycles. The van der Waals surface area contributed by atoms with Crippen LogP contribution in [0.15, 0.2) is 0 Å². The summed E-state index contributed by atoms with van der Waals surface area (Å²) < 4.78 is 0. The predicted octanol–water partition coefficient (Wildman–Crippen LogP) is 2.62. The molecule has 2 fully saturated rings. The molecule has 2 nitrogen and oxygen atoms in total. The lowest BCUT2D eigenvalue weighted by Crippen LogP contribution is -2.40.